The first kappa shape index (κ1) is 20.5. The van der Waals surface area contributed by atoms with Crippen molar-refractivity contribution in [3.63, 3.8) is 0 Å². The van der Waals surface area contributed by atoms with E-state index >= 15 is 0 Å². The Labute approximate surface area is 157 Å². The standard InChI is InChI=1S/C18H21BrN2O2.ClH/c1-3-20-12-13-6-4-5-7-16(13)21-18(22)11-14-10-15(19)8-9-17(14)23-2;/h4-10,20H,3,11-12H2,1-2H3,(H,21,22);1H. The highest BCUT2D eigenvalue weighted by Crippen LogP contribution is 2.24. The van der Waals surface area contributed by atoms with Gasteiger partial charge in [0.05, 0.1) is 13.5 Å². The summed E-state index contributed by atoms with van der Waals surface area (Å²) in [6, 6.07) is 13.5. The third kappa shape index (κ3) is 5.82. The van der Waals surface area contributed by atoms with Gasteiger partial charge in [-0.3, -0.25) is 4.79 Å². The zero-order valence-electron chi connectivity index (χ0n) is 13.8. The minimum Gasteiger partial charge on any atom is -0.496 e. The lowest BCUT2D eigenvalue weighted by molar-refractivity contribution is -0.115. The second kappa shape index (κ2) is 10.3. The van der Waals surface area contributed by atoms with Gasteiger partial charge in [0.15, 0.2) is 0 Å². The Hall–Kier alpha value is -1.56. The first-order valence-electron chi connectivity index (χ1n) is 7.55. The molecule has 0 aliphatic heterocycles. The Morgan fingerprint density at radius 3 is 2.62 bits per heavy atom. The molecule has 0 atom stereocenters. The predicted octanol–water partition coefficient (Wildman–Crippen LogP) is 4.17. The summed E-state index contributed by atoms with van der Waals surface area (Å²) in [5.41, 5.74) is 2.76. The van der Waals surface area contributed by atoms with E-state index in [0.717, 1.165) is 34.4 Å². The highest BCUT2D eigenvalue weighted by Gasteiger charge is 2.11. The molecule has 0 bridgehead atoms. The van der Waals surface area contributed by atoms with Gasteiger partial charge in [0.2, 0.25) is 5.91 Å². The quantitative estimate of drug-likeness (QED) is 0.716. The van der Waals surface area contributed by atoms with E-state index in [0.29, 0.717) is 5.75 Å². The highest BCUT2D eigenvalue weighted by atomic mass is 79.9. The van der Waals surface area contributed by atoms with E-state index in [4.69, 9.17) is 4.74 Å². The molecule has 1 amide bonds. The van der Waals surface area contributed by atoms with Gasteiger partial charge in [-0.05, 0) is 36.4 Å². The largest absolute Gasteiger partial charge is 0.496 e. The van der Waals surface area contributed by atoms with Crippen LogP contribution in [0.2, 0.25) is 0 Å². The SMILES string of the molecule is CCNCc1ccccc1NC(=O)Cc1cc(Br)ccc1OC.Cl. The van der Waals surface area contributed by atoms with E-state index in [9.17, 15) is 4.79 Å². The fourth-order valence-corrected chi connectivity index (χ4v) is 2.72. The van der Waals surface area contributed by atoms with Crippen molar-refractivity contribution in [3.8, 4) is 5.75 Å². The lowest BCUT2D eigenvalue weighted by Gasteiger charge is -2.13. The maximum Gasteiger partial charge on any atom is 0.228 e. The number of nitrogens with one attached hydrogen (secondary N) is 2. The maximum absolute atomic E-state index is 12.4. The van der Waals surface area contributed by atoms with Gasteiger partial charge in [-0.25, -0.2) is 0 Å². The average molecular weight is 414 g/mol. The number of para-hydroxylation sites is 1. The van der Waals surface area contributed by atoms with Crippen molar-refractivity contribution in [2.24, 2.45) is 0 Å². The van der Waals surface area contributed by atoms with Gasteiger partial charge >= 0.3 is 0 Å². The molecular weight excluding hydrogens is 392 g/mol. The number of rotatable bonds is 7. The first-order valence-corrected chi connectivity index (χ1v) is 8.34. The number of carbonyl (C=O) groups excluding carboxylic acids is 1. The van der Waals surface area contributed by atoms with Crippen LogP contribution in [0.25, 0.3) is 0 Å². The molecule has 0 saturated heterocycles. The zero-order chi connectivity index (χ0) is 16.7. The molecule has 130 valence electrons. The molecule has 0 radical (unpaired) electrons. The normalized spacial score (nSPS) is 9.96. The maximum atomic E-state index is 12.4. The minimum atomic E-state index is -0.0645. The van der Waals surface area contributed by atoms with Crippen LogP contribution in [0, 0.1) is 0 Å². The molecular formula is C18H22BrClN2O2. The molecule has 2 rings (SSSR count). The van der Waals surface area contributed by atoms with Crippen molar-refractivity contribution in [1.29, 1.82) is 0 Å². The summed E-state index contributed by atoms with van der Waals surface area (Å²) < 4.78 is 6.24. The van der Waals surface area contributed by atoms with Gasteiger partial charge in [0.25, 0.3) is 0 Å². The molecule has 0 aliphatic rings. The molecule has 4 nitrogen and oxygen atoms in total. The number of anilines is 1. The van der Waals surface area contributed by atoms with Crippen LogP contribution in [0.5, 0.6) is 5.75 Å². The van der Waals surface area contributed by atoms with E-state index in [1.165, 1.54) is 0 Å². The monoisotopic (exact) mass is 412 g/mol. The average Bonchev–Trinajstić information content (AvgIpc) is 2.54. The first-order chi connectivity index (χ1) is 11.1. The van der Waals surface area contributed by atoms with Crippen molar-refractivity contribution in [2.75, 3.05) is 19.0 Å². The van der Waals surface area contributed by atoms with Gasteiger partial charge in [0, 0.05) is 22.3 Å². The van der Waals surface area contributed by atoms with Crippen LogP contribution >= 0.6 is 28.3 Å². The fourth-order valence-electron chi connectivity index (χ4n) is 2.31. The molecule has 0 spiro atoms. The van der Waals surface area contributed by atoms with Gasteiger partial charge in [-0.1, -0.05) is 41.1 Å². The molecule has 0 saturated carbocycles. The number of ether oxygens (including phenoxy) is 1. The van der Waals surface area contributed by atoms with Crippen molar-refractivity contribution in [1.82, 2.24) is 5.32 Å². The van der Waals surface area contributed by atoms with Crippen LogP contribution < -0.4 is 15.4 Å². The molecule has 6 heteroatoms. The Morgan fingerprint density at radius 2 is 1.92 bits per heavy atom. The lowest BCUT2D eigenvalue weighted by atomic mass is 10.1. The molecule has 24 heavy (non-hydrogen) atoms. The number of amides is 1. The van der Waals surface area contributed by atoms with Crippen molar-refractivity contribution in [2.45, 2.75) is 19.9 Å². The fraction of sp³-hybridized carbons (Fsp3) is 0.278. The molecule has 0 unspecified atom stereocenters. The van der Waals surface area contributed by atoms with Crippen LogP contribution in [0.3, 0.4) is 0 Å². The van der Waals surface area contributed by atoms with Gasteiger partial charge in [0.1, 0.15) is 5.75 Å². The predicted molar refractivity (Wildman–Crippen MR) is 104 cm³/mol. The van der Waals surface area contributed by atoms with Gasteiger partial charge < -0.3 is 15.4 Å². The summed E-state index contributed by atoms with van der Waals surface area (Å²) >= 11 is 3.43. The summed E-state index contributed by atoms with van der Waals surface area (Å²) in [4.78, 5) is 12.4. The van der Waals surface area contributed by atoms with Crippen LogP contribution in [0.1, 0.15) is 18.1 Å². The van der Waals surface area contributed by atoms with Crippen molar-refractivity contribution >= 4 is 39.9 Å². The molecule has 0 aliphatic carbocycles. The summed E-state index contributed by atoms with van der Waals surface area (Å²) in [6.07, 6.45) is 0.262. The topological polar surface area (TPSA) is 50.4 Å². The Balaban J connectivity index is 0.00000288. The molecule has 0 fully saturated rings. The molecule has 2 aromatic carbocycles. The number of halogens is 2. The van der Waals surface area contributed by atoms with E-state index in [-0.39, 0.29) is 24.7 Å². The molecule has 2 aromatic rings. The van der Waals surface area contributed by atoms with Crippen LogP contribution in [-0.4, -0.2) is 19.6 Å². The Morgan fingerprint density at radius 1 is 1.17 bits per heavy atom. The Bertz CT molecular complexity index is 680. The summed E-state index contributed by atoms with van der Waals surface area (Å²) in [5.74, 6) is 0.648. The number of carbonyl (C=O) groups is 1. The van der Waals surface area contributed by atoms with Crippen molar-refractivity contribution < 1.29 is 9.53 Å². The second-order valence-corrected chi connectivity index (χ2v) is 6.03. The molecule has 0 heterocycles. The Kier molecular flexibility index (Phi) is 8.82. The van der Waals surface area contributed by atoms with E-state index < -0.39 is 0 Å². The number of benzene rings is 2. The second-order valence-electron chi connectivity index (χ2n) is 5.12. The molecule has 2 N–H and O–H groups in total. The highest BCUT2D eigenvalue weighted by molar-refractivity contribution is 9.10. The third-order valence-corrected chi connectivity index (χ3v) is 3.94. The van der Waals surface area contributed by atoms with Crippen LogP contribution in [0.15, 0.2) is 46.9 Å². The van der Waals surface area contributed by atoms with Gasteiger partial charge in [-0.2, -0.15) is 0 Å². The van der Waals surface area contributed by atoms with E-state index in [1.54, 1.807) is 7.11 Å². The lowest BCUT2D eigenvalue weighted by Crippen LogP contribution is -2.18. The summed E-state index contributed by atoms with van der Waals surface area (Å²) in [6.45, 7) is 3.67. The summed E-state index contributed by atoms with van der Waals surface area (Å²) in [5, 5.41) is 6.26. The third-order valence-electron chi connectivity index (χ3n) is 3.45. The number of hydrogen-bond donors (Lipinski definition) is 2. The zero-order valence-corrected chi connectivity index (χ0v) is 16.2. The van der Waals surface area contributed by atoms with E-state index in [2.05, 4.69) is 33.5 Å². The van der Waals surface area contributed by atoms with Crippen molar-refractivity contribution in [3.05, 3.63) is 58.1 Å². The smallest absolute Gasteiger partial charge is 0.228 e. The van der Waals surface area contributed by atoms with Gasteiger partial charge in [-0.15, -0.1) is 12.4 Å². The number of methoxy groups -OCH3 is 1. The molecule has 0 aromatic heterocycles. The minimum absolute atomic E-state index is 0. The van der Waals surface area contributed by atoms with Crippen LogP contribution in [-0.2, 0) is 17.8 Å². The van der Waals surface area contributed by atoms with E-state index in [1.807, 2.05) is 42.5 Å². The van der Waals surface area contributed by atoms with Crippen LogP contribution in [0.4, 0.5) is 5.69 Å². The summed E-state index contributed by atoms with van der Waals surface area (Å²) in [7, 11) is 1.61. The number of hydrogen-bond acceptors (Lipinski definition) is 3.